The lowest BCUT2D eigenvalue weighted by Crippen LogP contribution is -2.39. The maximum Gasteiger partial charge on any atom is 0.350 e. The van der Waals surface area contributed by atoms with Gasteiger partial charge in [-0.25, -0.2) is 9.78 Å². The summed E-state index contributed by atoms with van der Waals surface area (Å²) in [5, 5.41) is 10.5. The Labute approximate surface area is 206 Å². The molecule has 3 atom stereocenters. The van der Waals surface area contributed by atoms with E-state index in [1.807, 2.05) is 0 Å². The predicted octanol–water partition coefficient (Wildman–Crippen LogP) is 3.84. The van der Waals surface area contributed by atoms with E-state index in [-0.39, 0.29) is 45.1 Å². The van der Waals surface area contributed by atoms with E-state index in [0.717, 1.165) is 30.6 Å². The molecule has 9 nitrogen and oxygen atoms in total. The molecule has 1 saturated carbocycles. The molecule has 5 rings (SSSR count). The number of ketones is 1. The number of amides is 1. The highest BCUT2D eigenvalue weighted by molar-refractivity contribution is 7.17. The number of phenols is 1. The second-order valence-corrected chi connectivity index (χ2v) is 9.77. The van der Waals surface area contributed by atoms with E-state index in [2.05, 4.69) is 4.98 Å². The summed E-state index contributed by atoms with van der Waals surface area (Å²) in [6.45, 7) is 3.80. The Balaban J connectivity index is 1.66. The minimum atomic E-state index is -0.830. The van der Waals surface area contributed by atoms with Crippen molar-refractivity contribution in [3.05, 3.63) is 45.7 Å². The van der Waals surface area contributed by atoms with Gasteiger partial charge in [-0.15, -0.1) is 0 Å². The summed E-state index contributed by atoms with van der Waals surface area (Å²) in [5.74, 6) is -1.17. The van der Waals surface area contributed by atoms with E-state index in [9.17, 15) is 19.5 Å². The van der Waals surface area contributed by atoms with E-state index < -0.39 is 17.9 Å². The number of aryl methyl sites for hydroxylation is 1. The van der Waals surface area contributed by atoms with Crippen LogP contribution in [0.25, 0.3) is 0 Å². The lowest BCUT2D eigenvalue weighted by atomic mass is 9.77. The van der Waals surface area contributed by atoms with Crippen molar-refractivity contribution in [3.63, 3.8) is 0 Å². The zero-order chi connectivity index (χ0) is 24.9. The van der Waals surface area contributed by atoms with Crippen LogP contribution < -0.4 is 9.64 Å². The maximum absolute atomic E-state index is 13.8. The number of carbonyl (C=O) groups excluding carboxylic acids is 3. The average molecular weight is 499 g/mol. The van der Waals surface area contributed by atoms with Crippen molar-refractivity contribution in [2.24, 2.45) is 5.92 Å². The molecule has 0 saturated heterocycles. The molecule has 0 radical (unpaired) electrons. The van der Waals surface area contributed by atoms with Crippen LogP contribution in [0.1, 0.15) is 59.6 Å². The van der Waals surface area contributed by atoms with E-state index in [0.29, 0.717) is 29.9 Å². The second kappa shape index (κ2) is 8.99. The molecule has 3 unspecified atom stereocenters. The van der Waals surface area contributed by atoms with Gasteiger partial charge in [-0.2, -0.15) is 0 Å². The van der Waals surface area contributed by atoms with Crippen LogP contribution >= 0.6 is 11.3 Å². The standard InChI is InChI=1S/C25H26N2O7S/c1-4-33-17-11-13(9-10-15(17)28)19-18-20(29)14-7-5-6-8-16(14)34-21(18)23(30)27(19)25-26-12(2)22(35-25)24(31)32-3/h9-11,14,16,19,28H,4-8H2,1-3H3. The number of aromatic hydroxyl groups is 1. The van der Waals surface area contributed by atoms with Gasteiger partial charge in [0.05, 0.1) is 36.9 Å². The van der Waals surface area contributed by atoms with Gasteiger partial charge < -0.3 is 19.3 Å². The van der Waals surface area contributed by atoms with Crippen LogP contribution in [0.4, 0.5) is 5.13 Å². The molecule has 1 aliphatic carbocycles. The summed E-state index contributed by atoms with van der Waals surface area (Å²) in [7, 11) is 1.28. The van der Waals surface area contributed by atoms with E-state index >= 15 is 0 Å². The predicted molar refractivity (Wildman–Crippen MR) is 127 cm³/mol. The van der Waals surface area contributed by atoms with Crippen LogP contribution in [0, 0.1) is 12.8 Å². The number of thiazole rings is 1. The van der Waals surface area contributed by atoms with Crippen LogP contribution in [-0.4, -0.2) is 47.6 Å². The molecule has 1 amide bonds. The molecule has 2 aromatic rings. The summed E-state index contributed by atoms with van der Waals surface area (Å²) in [4.78, 5) is 45.9. The van der Waals surface area contributed by atoms with Crippen molar-refractivity contribution in [2.45, 2.75) is 51.7 Å². The normalized spacial score (nSPS) is 23.6. The summed E-state index contributed by atoms with van der Waals surface area (Å²) in [6, 6.07) is 3.93. The number of benzene rings is 1. The number of fused-ring (bicyclic) bond motifs is 1. The highest BCUT2D eigenvalue weighted by atomic mass is 32.1. The number of aromatic nitrogens is 1. The molecular formula is C25H26N2O7S. The monoisotopic (exact) mass is 498 g/mol. The number of hydrogen-bond donors (Lipinski definition) is 1. The molecular weight excluding hydrogens is 472 g/mol. The van der Waals surface area contributed by atoms with Gasteiger partial charge >= 0.3 is 5.97 Å². The fourth-order valence-corrected chi connectivity index (χ4v) is 6.11. The molecule has 1 fully saturated rings. The van der Waals surface area contributed by atoms with Crippen LogP contribution in [0.5, 0.6) is 11.5 Å². The smallest absolute Gasteiger partial charge is 0.350 e. The van der Waals surface area contributed by atoms with Crippen molar-refractivity contribution in [3.8, 4) is 11.5 Å². The average Bonchev–Trinajstić information content (AvgIpc) is 3.37. The first-order chi connectivity index (χ1) is 16.8. The van der Waals surface area contributed by atoms with Crippen LogP contribution in [0.15, 0.2) is 29.5 Å². The van der Waals surface area contributed by atoms with Crippen LogP contribution in [0.2, 0.25) is 0 Å². The second-order valence-electron chi connectivity index (χ2n) is 8.79. The minimum Gasteiger partial charge on any atom is -0.504 e. The van der Waals surface area contributed by atoms with Crippen molar-refractivity contribution < 1.29 is 33.7 Å². The number of nitrogens with zero attached hydrogens (tertiary/aromatic N) is 2. The molecule has 0 bridgehead atoms. The van der Waals surface area contributed by atoms with Crippen molar-refractivity contribution >= 4 is 34.1 Å². The van der Waals surface area contributed by atoms with Crippen molar-refractivity contribution in [2.75, 3.05) is 18.6 Å². The number of methoxy groups -OCH3 is 1. The number of carbonyl (C=O) groups is 3. The third kappa shape index (κ3) is 3.76. The van der Waals surface area contributed by atoms with Crippen LogP contribution in [-0.2, 0) is 19.1 Å². The molecule has 184 valence electrons. The first-order valence-corrected chi connectivity index (χ1v) is 12.5. The van der Waals surface area contributed by atoms with E-state index in [4.69, 9.17) is 14.2 Å². The third-order valence-electron chi connectivity index (χ3n) is 6.72. The molecule has 3 heterocycles. The Bertz CT molecular complexity index is 1250. The van der Waals surface area contributed by atoms with E-state index in [1.54, 1.807) is 26.0 Å². The molecule has 2 aliphatic heterocycles. The number of esters is 1. The molecule has 1 aromatic carbocycles. The van der Waals surface area contributed by atoms with Gasteiger partial charge in [0.15, 0.2) is 28.2 Å². The third-order valence-corrected chi connectivity index (χ3v) is 7.86. The number of rotatable bonds is 5. The molecule has 10 heteroatoms. The van der Waals surface area contributed by atoms with Crippen LogP contribution in [0.3, 0.4) is 0 Å². The van der Waals surface area contributed by atoms with Crippen molar-refractivity contribution in [1.82, 2.24) is 4.98 Å². The molecule has 1 aromatic heterocycles. The Morgan fingerprint density at radius 3 is 2.80 bits per heavy atom. The summed E-state index contributed by atoms with van der Waals surface area (Å²) < 4.78 is 16.6. The fourth-order valence-electron chi connectivity index (χ4n) is 5.10. The SMILES string of the molecule is CCOc1cc(C2C3=C(OC4CCCCC4C3=O)C(=O)N2c2nc(C)c(C(=O)OC)s2)ccc1O. The Morgan fingerprint density at radius 2 is 2.06 bits per heavy atom. The van der Waals surface area contributed by atoms with Gasteiger partial charge in [0, 0.05) is 0 Å². The first kappa shape index (κ1) is 23.3. The van der Waals surface area contributed by atoms with E-state index in [1.165, 1.54) is 18.1 Å². The van der Waals surface area contributed by atoms with Gasteiger partial charge in [-0.3, -0.25) is 14.5 Å². The topological polar surface area (TPSA) is 115 Å². The summed E-state index contributed by atoms with van der Waals surface area (Å²) >= 11 is 1.03. The molecule has 0 spiro atoms. The quantitative estimate of drug-likeness (QED) is 0.619. The summed E-state index contributed by atoms with van der Waals surface area (Å²) in [6.07, 6.45) is 3.00. The molecule has 35 heavy (non-hydrogen) atoms. The van der Waals surface area contributed by atoms with Gasteiger partial charge in [-0.05, 0) is 50.8 Å². The first-order valence-electron chi connectivity index (χ1n) is 11.7. The van der Waals surface area contributed by atoms with Crippen molar-refractivity contribution in [1.29, 1.82) is 0 Å². The zero-order valence-corrected chi connectivity index (χ0v) is 20.5. The number of phenolic OH excluding ortho intramolecular Hbond substituents is 1. The highest BCUT2D eigenvalue weighted by Gasteiger charge is 2.53. The maximum atomic E-state index is 13.8. The highest BCUT2D eigenvalue weighted by Crippen LogP contribution is 2.50. The Kier molecular flexibility index (Phi) is 6.00. The molecule has 3 aliphatic rings. The minimum absolute atomic E-state index is 0.0432. The molecule has 1 N–H and O–H groups in total. The largest absolute Gasteiger partial charge is 0.504 e. The van der Waals surface area contributed by atoms with Gasteiger partial charge in [0.2, 0.25) is 0 Å². The Hall–Kier alpha value is -3.40. The van der Waals surface area contributed by atoms with Gasteiger partial charge in [0.25, 0.3) is 5.91 Å². The Morgan fingerprint density at radius 1 is 1.29 bits per heavy atom. The number of hydrogen-bond acceptors (Lipinski definition) is 9. The van der Waals surface area contributed by atoms with Gasteiger partial charge in [0.1, 0.15) is 11.0 Å². The number of anilines is 1. The number of Topliss-reactive ketones (excluding diaryl/α,β-unsaturated/α-hetero) is 1. The zero-order valence-electron chi connectivity index (χ0n) is 19.7. The fraction of sp³-hybridized carbons (Fsp3) is 0.440. The number of ether oxygens (including phenoxy) is 3. The lowest BCUT2D eigenvalue weighted by molar-refractivity contribution is -0.131. The summed E-state index contributed by atoms with van der Waals surface area (Å²) in [5.41, 5.74) is 1.29. The van der Waals surface area contributed by atoms with Gasteiger partial charge in [-0.1, -0.05) is 23.8 Å². The lowest BCUT2D eigenvalue weighted by Gasteiger charge is -2.35.